The van der Waals surface area contributed by atoms with E-state index < -0.39 is 12.1 Å². The topological polar surface area (TPSA) is 69.6 Å². The van der Waals surface area contributed by atoms with Gasteiger partial charge in [-0.2, -0.15) is 0 Å². The third-order valence-electron chi connectivity index (χ3n) is 3.84. The van der Waals surface area contributed by atoms with E-state index in [0.29, 0.717) is 23.6 Å². The number of carbonyl (C=O) groups is 2. The van der Waals surface area contributed by atoms with Crippen LogP contribution in [0.5, 0.6) is 0 Å². The van der Waals surface area contributed by atoms with Crippen LogP contribution in [-0.4, -0.2) is 23.2 Å². The van der Waals surface area contributed by atoms with Gasteiger partial charge in [0.25, 0.3) is 0 Å². The van der Waals surface area contributed by atoms with Gasteiger partial charge in [0.15, 0.2) is 0 Å². The molecule has 6 nitrogen and oxygen atoms in total. The molecule has 0 spiro atoms. The van der Waals surface area contributed by atoms with Crippen molar-refractivity contribution in [2.24, 2.45) is 7.05 Å². The molecule has 1 aromatic heterocycles. The number of carbonyl (C=O) groups excluding carboxylic acids is 2. The lowest BCUT2D eigenvalue weighted by Gasteiger charge is -2.08. The molecule has 1 aromatic carbocycles. The van der Waals surface area contributed by atoms with Gasteiger partial charge in [-0.3, -0.25) is 5.32 Å². The van der Waals surface area contributed by atoms with Crippen LogP contribution in [0.4, 0.5) is 10.5 Å². The van der Waals surface area contributed by atoms with Crippen molar-refractivity contribution in [2.45, 2.75) is 27.4 Å². The van der Waals surface area contributed by atoms with E-state index in [-0.39, 0.29) is 6.61 Å². The number of esters is 1. The third kappa shape index (κ3) is 3.76. The maximum atomic E-state index is 12.1. The summed E-state index contributed by atoms with van der Waals surface area (Å²) >= 11 is 0. The van der Waals surface area contributed by atoms with Crippen molar-refractivity contribution in [3.63, 3.8) is 0 Å². The van der Waals surface area contributed by atoms with Gasteiger partial charge in [-0.05, 0) is 26.3 Å². The first-order valence-corrected chi connectivity index (χ1v) is 7.76. The number of hydrogen-bond donors (Lipinski definition) is 1. The van der Waals surface area contributed by atoms with Gasteiger partial charge in [-0.25, -0.2) is 9.59 Å². The minimum absolute atomic E-state index is 0.183. The fraction of sp³-hybridized carbons (Fsp3) is 0.333. The Balaban J connectivity index is 2.10. The normalized spacial score (nSPS) is 10.3. The summed E-state index contributed by atoms with van der Waals surface area (Å²) in [7, 11) is 1.76. The van der Waals surface area contributed by atoms with Crippen LogP contribution in [0.1, 0.15) is 34.2 Å². The van der Waals surface area contributed by atoms with Crippen LogP contribution in [0, 0.1) is 13.8 Å². The highest BCUT2D eigenvalue weighted by Gasteiger charge is 2.23. The molecule has 0 aliphatic carbocycles. The molecular formula is C18H22N2O4. The van der Waals surface area contributed by atoms with Crippen molar-refractivity contribution in [3.05, 3.63) is 52.8 Å². The summed E-state index contributed by atoms with van der Waals surface area (Å²) in [6, 6.07) is 9.43. The molecule has 0 aliphatic heterocycles. The van der Waals surface area contributed by atoms with Crippen molar-refractivity contribution < 1.29 is 19.1 Å². The molecule has 0 unspecified atom stereocenters. The molecule has 0 radical (unpaired) electrons. The Bertz CT molecular complexity index is 735. The standard InChI is InChI=1S/C18H22N2O4/c1-5-23-17(21)16-12(2)15(13(3)20(16)4)19-18(22)24-11-14-9-7-6-8-10-14/h6-10H,5,11H2,1-4H3,(H,19,22). The van der Waals surface area contributed by atoms with E-state index in [9.17, 15) is 9.59 Å². The maximum Gasteiger partial charge on any atom is 0.412 e. The summed E-state index contributed by atoms with van der Waals surface area (Å²) in [5.41, 5.74) is 3.31. The smallest absolute Gasteiger partial charge is 0.412 e. The number of nitrogens with one attached hydrogen (secondary N) is 1. The largest absolute Gasteiger partial charge is 0.461 e. The van der Waals surface area contributed by atoms with Gasteiger partial charge >= 0.3 is 12.1 Å². The van der Waals surface area contributed by atoms with Crippen molar-refractivity contribution in [1.82, 2.24) is 4.57 Å². The van der Waals surface area contributed by atoms with Gasteiger partial charge in [-0.1, -0.05) is 30.3 Å². The SMILES string of the molecule is CCOC(=O)c1c(C)c(NC(=O)OCc2ccccc2)c(C)n1C. The molecule has 0 bridgehead atoms. The number of nitrogens with zero attached hydrogens (tertiary/aromatic N) is 1. The van der Waals surface area contributed by atoms with Gasteiger partial charge in [0.05, 0.1) is 12.3 Å². The monoisotopic (exact) mass is 330 g/mol. The Kier molecular flexibility index (Phi) is 5.63. The Morgan fingerprint density at radius 3 is 2.42 bits per heavy atom. The average molecular weight is 330 g/mol. The number of ether oxygens (including phenoxy) is 2. The summed E-state index contributed by atoms with van der Waals surface area (Å²) < 4.78 is 12.0. The van der Waals surface area contributed by atoms with Crippen LogP contribution in [0.15, 0.2) is 30.3 Å². The lowest BCUT2D eigenvalue weighted by molar-refractivity contribution is 0.0514. The first-order valence-electron chi connectivity index (χ1n) is 7.76. The van der Waals surface area contributed by atoms with Crippen LogP contribution in [-0.2, 0) is 23.1 Å². The molecule has 24 heavy (non-hydrogen) atoms. The summed E-state index contributed by atoms with van der Waals surface area (Å²) in [5, 5.41) is 2.72. The highest BCUT2D eigenvalue weighted by atomic mass is 16.5. The minimum Gasteiger partial charge on any atom is -0.461 e. The third-order valence-corrected chi connectivity index (χ3v) is 3.84. The summed E-state index contributed by atoms with van der Waals surface area (Å²) in [6.07, 6.45) is -0.564. The Hall–Kier alpha value is -2.76. The second-order valence-corrected chi connectivity index (χ2v) is 5.40. The van der Waals surface area contributed by atoms with E-state index in [1.165, 1.54) is 0 Å². The van der Waals surface area contributed by atoms with Gasteiger partial charge in [0.2, 0.25) is 0 Å². The molecule has 2 rings (SSSR count). The summed E-state index contributed by atoms with van der Waals surface area (Å²) in [5.74, 6) is -0.411. The first kappa shape index (κ1) is 17.6. The second kappa shape index (κ2) is 7.68. The lowest BCUT2D eigenvalue weighted by Crippen LogP contribution is -2.14. The zero-order valence-corrected chi connectivity index (χ0v) is 14.4. The minimum atomic E-state index is -0.564. The van der Waals surface area contributed by atoms with Gasteiger partial charge in [-0.15, -0.1) is 0 Å². The molecule has 1 amide bonds. The highest BCUT2D eigenvalue weighted by molar-refractivity contribution is 5.95. The number of hydrogen-bond acceptors (Lipinski definition) is 4. The van der Waals surface area contributed by atoms with Gasteiger partial charge in [0, 0.05) is 18.3 Å². The predicted molar refractivity (Wildman–Crippen MR) is 91.1 cm³/mol. The zero-order valence-electron chi connectivity index (χ0n) is 14.4. The van der Waals surface area contributed by atoms with Crippen LogP contribution in [0.25, 0.3) is 0 Å². The van der Waals surface area contributed by atoms with Crippen molar-refractivity contribution in [1.29, 1.82) is 0 Å². The highest BCUT2D eigenvalue weighted by Crippen LogP contribution is 2.27. The van der Waals surface area contributed by atoms with E-state index in [2.05, 4.69) is 5.32 Å². The van der Waals surface area contributed by atoms with E-state index in [1.54, 1.807) is 25.5 Å². The predicted octanol–water partition coefficient (Wildman–Crippen LogP) is 3.57. The van der Waals surface area contributed by atoms with Crippen LogP contribution in [0.3, 0.4) is 0 Å². The van der Waals surface area contributed by atoms with Crippen molar-refractivity contribution >= 4 is 17.7 Å². The molecule has 128 valence electrons. The molecule has 1 N–H and O–H groups in total. The summed E-state index contributed by atoms with van der Waals surface area (Å²) in [4.78, 5) is 24.1. The number of benzene rings is 1. The number of amides is 1. The van der Waals surface area contributed by atoms with Crippen LogP contribution in [0.2, 0.25) is 0 Å². The number of anilines is 1. The van der Waals surface area contributed by atoms with Gasteiger partial charge < -0.3 is 14.0 Å². The van der Waals surface area contributed by atoms with E-state index in [1.807, 2.05) is 37.3 Å². The average Bonchev–Trinajstić information content (AvgIpc) is 2.78. The second-order valence-electron chi connectivity index (χ2n) is 5.40. The first-order chi connectivity index (χ1) is 11.5. The lowest BCUT2D eigenvalue weighted by atomic mass is 10.2. The Morgan fingerprint density at radius 2 is 1.79 bits per heavy atom. The Morgan fingerprint density at radius 1 is 1.12 bits per heavy atom. The van der Waals surface area contributed by atoms with E-state index in [0.717, 1.165) is 11.3 Å². The quantitative estimate of drug-likeness (QED) is 0.851. The van der Waals surface area contributed by atoms with Crippen molar-refractivity contribution in [3.8, 4) is 0 Å². The number of rotatable bonds is 5. The fourth-order valence-electron chi connectivity index (χ4n) is 2.51. The van der Waals surface area contributed by atoms with E-state index >= 15 is 0 Å². The summed E-state index contributed by atoms with van der Waals surface area (Å²) in [6.45, 7) is 5.82. The Labute approximate surface area is 141 Å². The molecule has 0 saturated heterocycles. The number of aromatic nitrogens is 1. The van der Waals surface area contributed by atoms with Crippen molar-refractivity contribution in [2.75, 3.05) is 11.9 Å². The maximum absolute atomic E-state index is 12.1. The zero-order chi connectivity index (χ0) is 17.7. The molecule has 0 fully saturated rings. The molecule has 6 heteroatoms. The molecule has 1 heterocycles. The van der Waals surface area contributed by atoms with Crippen LogP contribution < -0.4 is 5.32 Å². The molecule has 0 atom stereocenters. The molecule has 0 saturated carbocycles. The van der Waals surface area contributed by atoms with E-state index in [4.69, 9.17) is 9.47 Å². The van der Waals surface area contributed by atoms with Crippen LogP contribution >= 0.6 is 0 Å². The molecule has 2 aromatic rings. The van der Waals surface area contributed by atoms with Gasteiger partial charge in [0.1, 0.15) is 12.3 Å². The molecule has 0 aliphatic rings. The molecular weight excluding hydrogens is 308 g/mol. The fourth-order valence-corrected chi connectivity index (χ4v) is 2.51.